The molecule has 0 heterocycles. The molecule has 14 heteroatoms. The van der Waals surface area contributed by atoms with Crippen LogP contribution < -0.4 is 0 Å². The Labute approximate surface area is 206 Å². The predicted octanol–water partition coefficient (Wildman–Crippen LogP) is 8.38. The maximum atomic E-state index is 13.9. The molecule has 0 amide bonds. The van der Waals surface area contributed by atoms with Gasteiger partial charge >= 0.3 is 42.0 Å². The summed E-state index contributed by atoms with van der Waals surface area (Å²) in [5, 5.41) is 0. The zero-order valence-corrected chi connectivity index (χ0v) is 20.0. The van der Waals surface area contributed by atoms with Crippen LogP contribution in [-0.4, -0.2) is 48.6 Å². The molecule has 0 radical (unpaired) electrons. The van der Waals surface area contributed by atoms with E-state index < -0.39 is 54.5 Å². The SMILES string of the molecule is CCC[C@H]1CC[C@H]([C@H]2CC[C@H](C(=O)OCC(F)(F)C(F)(F)C(F)(F)C(F)(F)C(F)(F)C(F)F)CC2)CC1. The topological polar surface area (TPSA) is 26.3 Å². The number of ether oxygens (including phenoxy) is 1. The first-order valence-corrected chi connectivity index (χ1v) is 12.2. The van der Waals surface area contributed by atoms with Crippen LogP contribution in [0.25, 0.3) is 0 Å². The second-order valence-corrected chi connectivity index (χ2v) is 10.1. The van der Waals surface area contributed by atoms with Gasteiger partial charge in [0.05, 0.1) is 5.92 Å². The summed E-state index contributed by atoms with van der Waals surface area (Å²) >= 11 is 0. The van der Waals surface area contributed by atoms with Crippen LogP contribution in [0.4, 0.5) is 52.7 Å². The summed E-state index contributed by atoms with van der Waals surface area (Å²) in [6.07, 6.45) is 2.19. The summed E-state index contributed by atoms with van der Waals surface area (Å²) in [6, 6.07) is 0. The number of carbonyl (C=O) groups excluding carboxylic acids is 1. The van der Waals surface area contributed by atoms with Crippen molar-refractivity contribution in [3.63, 3.8) is 0 Å². The van der Waals surface area contributed by atoms with E-state index in [0.717, 1.165) is 38.5 Å². The van der Waals surface area contributed by atoms with Crippen LogP contribution in [0.2, 0.25) is 0 Å². The number of hydrogen-bond donors (Lipinski definition) is 0. The average Bonchev–Trinajstić information content (AvgIpc) is 2.82. The van der Waals surface area contributed by atoms with E-state index in [2.05, 4.69) is 11.7 Å². The third-order valence-electron chi connectivity index (χ3n) is 7.70. The third-order valence-corrected chi connectivity index (χ3v) is 7.70. The normalized spacial score (nSPS) is 26.9. The van der Waals surface area contributed by atoms with Gasteiger partial charge in [-0.15, -0.1) is 0 Å². The van der Waals surface area contributed by atoms with E-state index in [1.54, 1.807) is 0 Å². The molecule has 2 saturated carbocycles. The highest BCUT2D eigenvalue weighted by Gasteiger charge is 2.87. The van der Waals surface area contributed by atoms with Crippen molar-refractivity contribution in [2.75, 3.05) is 6.61 Å². The standard InChI is InChI=1S/C23H30F12O2/c1-2-3-13-4-6-14(7-5-13)15-8-10-16(11-9-15)17(36)37-12-19(26,27)21(30,31)23(34,35)22(32,33)20(28,29)18(24)25/h13-16,18H,2-12H2,1H3/t13-,14-,15-,16-. The van der Waals surface area contributed by atoms with Gasteiger partial charge in [-0.05, 0) is 56.3 Å². The zero-order chi connectivity index (χ0) is 28.4. The number of hydrogen-bond acceptors (Lipinski definition) is 2. The quantitative estimate of drug-likeness (QED) is 0.186. The summed E-state index contributed by atoms with van der Waals surface area (Å²) < 4.78 is 163. The van der Waals surface area contributed by atoms with Gasteiger partial charge in [-0.3, -0.25) is 4.79 Å². The van der Waals surface area contributed by atoms with E-state index in [4.69, 9.17) is 0 Å². The van der Waals surface area contributed by atoms with E-state index in [0.29, 0.717) is 24.7 Å². The van der Waals surface area contributed by atoms with E-state index in [1.165, 1.54) is 0 Å². The summed E-state index contributed by atoms with van der Waals surface area (Å²) in [6.45, 7) is -0.720. The van der Waals surface area contributed by atoms with Gasteiger partial charge in [0.25, 0.3) is 0 Å². The lowest BCUT2D eigenvalue weighted by Gasteiger charge is -2.39. The Morgan fingerprint density at radius 2 is 1.19 bits per heavy atom. The molecule has 2 fully saturated rings. The Hall–Kier alpha value is -1.37. The molecular formula is C23H30F12O2. The second-order valence-electron chi connectivity index (χ2n) is 10.1. The van der Waals surface area contributed by atoms with Gasteiger partial charge in [-0.25, -0.2) is 8.78 Å². The van der Waals surface area contributed by atoms with Crippen LogP contribution in [0.5, 0.6) is 0 Å². The highest BCUT2D eigenvalue weighted by Crippen LogP contribution is 2.58. The van der Waals surface area contributed by atoms with Gasteiger partial charge in [-0.2, -0.15) is 43.9 Å². The fourth-order valence-corrected chi connectivity index (χ4v) is 5.33. The average molecular weight is 566 g/mol. The lowest BCUT2D eigenvalue weighted by atomic mass is 9.69. The zero-order valence-electron chi connectivity index (χ0n) is 20.0. The smallest absolute Gasteiger partial charge is 0.384 e. The summed E-state index contributed by atoms with van der Waals surface area (Å²) in [5.41, 5.74) is 0. The Balaban J connectivity index is 1.96. The molecule has 0 aromatic rings. The molecule has 2 rings (SSSR count). The Morgan fingerprint density at radius 1 is 0.730 bits per heavy atom. The van der Waals surface area contributed by atoms with E-state index in [1.807, 2.05) is 0 Å². The van der Waals surface area contributed by atoms with Crippen LogP contribution in [0.3, 0.4) is 0 Å². The summed E-state index contributed by atoms with van der Waals surface area (Å²) in [4.78, 5) is 12.1. The maximum Gasteiger partial charge on any atom is 0.384 e. The molecule has 0 aromatic carbocycles. The predicted molar refractivity (Wildman–Crippen MR) is 108 cm³/mol. The molecule has 0 spiro atoms. The summed E-state index contributed by atoms with van der Waals surface area (Å²) in [5.74, 6) is -36.9. The lowest BCUT2D eigenvalue weighted by molar-refractivity contribution is -0.414. The molecule has 0 aromatic heterocycles. The fraction of sp³-hybridized carbons (Fsp3) is 0.957. The maximum absolute atomic E-state index is 13.9. The number of esters is 1. The third kappa shape index (κ3) is 6.12. The van der Waals surface area contributed by atoms with Crippen molar-refractivity contribution in [1.29, 1.82) is 0 Å². The van der Waals surface area contributed by atoms with Crippen molar-refractivity contribution in [2.45, 2.75) is 107 Å². The molecule has 2 nitrogen and oxygen atoms in total. The van der Waals surface area contributed by atoms with Crippen LogP contribution in [0.1, 0.15) is 71.1 Å². The van der Waals surface area contributed by atoms with Crippen molar-refractivity contribution in [3.05, 3.63) is 0 Å². The number of halogens is 12. The van der Waals surface area contributed by atoms with E-state index >= 15 is 0 Å². The van der Waals surface area contributed by atoms with Gasteiger partial charge in [-0.1, -0.05) is 32.6 Å². The first-order valence-electron chi connectivity index (χ1n) is 12.2. The largest absolute Gasteiger partial charge is 0.459 e. The first-order chi connectivity index (χ1) is 16.8. The summed E-state index contributed by atoms with van der Waals surface area (Å²) in [7, 11) is 0. The molecule has 0 unspecified atom stereocenters. The monoisotopic (exact) mass is 566 g/mol. The van der Waals surface area contributed by atoms with Gasteiger partial charge in [0, 0.05) is 0 Å². The molecule has 0 bridgehead atoms. The van der Waals surface area contributed by atoms with Crippen LogP contribution in [0, 0.1) is 23.7 Å². The van der Waals surface area contributed by atoms with Gasteiger partial charge in [0.15, 0.2) is 6.61 Å². The van der Waals surface area contributed by atoms with Gasteiger partial charge < -0.3 is 4.74 Å². The Kier molecular flexibility index (Phi) is 9.81. The first kappa shape index (κ1) is 31.8. The Bertz CT molecular complexity index is 755. The highest BCUT2D eigenvalue weighted by molar-refractivity contribution is 5.72. The van der Waals surface area contributed by atoms with Crippen LogP contribution in [0.15, 0.2) is 0 Å². The number of carbonyl (C=O) groups is 1. The van der Waals surface area contributed by atoms with Crippen molar-refractivity contribution >= 4 is 5.97 Å². The molecule has 218 valence electrons. The van der Waals surface area contributed by atoms with Gasteiger partial charge in [0.2, 0.25) is 0 Å². The Morgan fingerprint density at radius 3 is 1.62 bits per heavy atom. The minimum absolute atomic E-state index is 0.148. The van der Waals surface area contributed by atoms with Crippen LogP contribution in [-0.2, 0) is 9.53 Å². The molecule has 0 atom stereocenters. The molecule has 0 N–H and O–H groups in total. The molecule has 0 saturated heterocycles. The second kappa shape index (κ2) is 11.4. The van der Waals surface area contributed by atoms with Crippen molar-refractivity contribution in [1.82, 2.24) is 0 Å². The van der Waals surface area contributed by atoms with Crippen molar-refractivity contribution in [2.24, 2.45) is 23.7 Å². The molecule has 2 aliphatic carbocycles. The molecule has 37 heavy (non-hydrogen) atoms. The minimum Gasteiger partial charge on any atom is -0.459 e. The number of alkyl halides is 12. The molecule has 0 aliphatic heterocycles. The van der Waals surface area contributed by atoms with E-state index in [9.17, 15) is 57.5 Å². The molecule has 2 aliphatic rings. The van der Waals surface area contributed by atoms with Gasteiger partial charge in [0.1, 0.15) is 0 Å². The fourth-order valence-electron chi connectivity index (χ4n) is 5.33. The highest BCUT2D eigenvalue weighted by atomic mass is 19.4. The van der Waals surface area contributed by atoms with E-state index in [-0.39, 0.29) is 18.8 Å². The van der Waals surface area contributed by atoms with Crippen molar-refractivity contribution in [3.8, 4) is 0 Å². The van der Waals surface area contributed by atoms with Crippen molar-refractivity contribution < 1.29 is 62.2 Å². The lowest BCUT2D eigenvalue weighted by Crippen LogP contribution is -2.69. The molecular weight excluding hydrogens is 536 g/mol. The van der Waals surface area contributed by atoms with Crippen LogP contribution >= 0.6 is 0 Å². The number of rotatable bonds is 11. The minimum atomic E-state index is -7.62.